The molecule has 0 bridgehead atoms. The average molecular weight is 262 g/mol. The summed E-state index contributed by atoms with van der Waals surface area (Å²) in [5, 5.41) is 7.59. The van der Waals surface area contributed by atoms with E-state index in [1.807, 2.05) is 11.7 Å². The van der Waals surface area contributed by atoms with Gasteiger partial charge in [-0.1, -0.05) is 6.42 Å². The Balaban J connectivity index is 1.76. The molecule has 19 heavy (non-hydrogen) atoms. The fraction of sp³-hybridized carbons (Fsp3) is 0.714. The minimum Gasteiger partial charge on any atom is -0.330 e. The van der Waals surface area contributed by atoms with Crippen LogP contribution in [0.3, 0.4) is 0 Å². The number of amides is 1. The van der Waals surface area contributed by atoms with Gasteiger partial charge in [-0.3, -0.25) is 9.48 Å². The van der Waals surface area contributed by atoms with E-state index in [1.54, 1.807) is 0 Å². The number of hydrogen-bond acceptors (Lipinski definition) is 3. The smallest absolute Gasteiger partial charge is 0.228 e. The number of nitrogens with zero attached hydrogens (tertiary/aromatic N) is 2. The molecule has 104 valence electrons. The molecule has 0 spiro atoms. The van der Waals surface area contributed by atoms with Crippen molar-refractivity contribution < 1.29 is 4.79 Å². The molecule has 2 atom stereocenters. The van der Waals surface area contributed by atoms with Crippen LogP contribution in [0.15, 0.2) is 0 Å². The number of nitrogens with two attached hydrogens (primary N) is 1. The van der Waals surface area contributed by atoms with Crippen molar-refractivity contribution in [2.45, 2.75) is 38.5 Å². The summed E-state index contributed by atoms with van der Waals surface area (Å²) in [6, 6.07) is 0. The molecule has 0 radical (unpaired) electrons. The topological polar surface area (TPSA) is 72.9 Å². The number of aryl methyl sites for hydroxylation is 2. The Morgan fingerprint density at radius 1 is 1.42 bits per heavy atom. The van der Waals surface area contributed by atoms with Crippen LogP contribution in [-0.4, -0.2) is 22.2 Å². The van der Waals surface area contributed by atoms with Crippen LogP contribution >= 0.6 is 0 Å². The zero-order chi connectivity index (χ0) is 13.4. The van der Waals surface area contributed by atoms with Gasteiger partial charge in [0.15, 0.2) is 0 Å². The Labute approximate surface area is 113 Å². The average Bonchev–Trinajstić information content (AvgIpc) is 3.07. The van der Waals surface area contributed by atoms with E-state index in [0.717, 1.165) is 50.0 Å². The molecule has 1 fully saturated rings. The summed E-state index contributed by atoms with van der Waals surface area (Å²) in [7, 11) is 1.91. The number of carbonyl (C=O) groups excluding carboxylic acids is 1. The van der Waals surface area contributed by atoms with Crippen molar-refractivity contribution in [1.29, 1.82) is 0 Å². The Bertz CT molecular complexity index is 494. The molecule has 0 unspecified atom stereocenters. The van der Waals surface area contributed by atoms with E-state index in [-0.39, 0.29) is 11.8 Å². The fourth-order valence-corrected chi connectivity index (χ4v) is 3.55. The number of nitrogens with one attached hydrogen (secondary N) is 1. The molecule has 0 saturated heterocycles. The second-order valence-electron chi connectivity index (χ2n) is 5.77. The molecule has 0 aromatic carbocycles. The van der Waals surface area contributed by atoms with E-state index in [2.05, 4.69) is 10.4 Å². The first-order valence-corrected chi connectivity index (χ1v) is 7.26. The van der Waals surface area contributed by atoms with E-state index in [1.165, 1.54) is 5.56 Å². The zero-order valence-corrected chi connectivity index (χ0v) is 11.5. The second kappa shape index (κ2) is 4.96. The zero-order valence-electron chi connectivity index (χ0n) is 11.5. The number of aromatic nitrogens is 2. The van der Waals surface area contributed by atoms with E-state index in [9.17, 15) is 4.79 Å². The van der Waals surface area contributed by atoms with Crippen molar-refractivity contribution in [3.05, 3.63) is 11.3 Å². The standard InChI is InChI=1S/C14H22N4O/c1-18-13(11-6-3-7-12(11)17-18)16-14(19)10-5-2-4-9(10)8-15/h9-10H,2-8,15H2,1H3,(H,16,19)/t9-,10-/m1/s1. The number of rotatable bonds is 3. The molecule has 3 rings (SSSR count). The number of anilines is 1. The van der Waals surface area contributed by atoms with Crippen LogP contribution in [0.2, 0.25) is 0 Å². The van der Waals surface area contributed by atoms with Crippen LogP contribution in [0, 0.1) is 11.8 Å². The summed E-state index contributed by atoms with van der Waals surface area (Å²) < 4.78 is 1.81. The molecular formula is C14H22N4O. The highest BCUT2D eigenvalue weighted by Gasteiger charge is 2.33. The van der Waals surface area contributed by atoms with Gasteiger partial charge in [0.2, 0.25) is 5.91 Å². The van der Waals surface area contributed by atoms with Crippen molar-refractivity contribution in [2.24, 2.45) is 24.6 Å². The Kier molecular flexibility index (Phi) is 3.31. The Hall–Kier alpha value is -1.36. The Morgan fingerprint density at radius 3 is 3.05 bits per heavy atom. The maximum Gasteiger partial charge on any atom is 0.228 e. The van der Waals surface area contributed by atoms with Gasteiger partial charge in [0.25, 0.3) is 0 Å². The molecule has 2 aliphatic rings. The molecule has 1 heterocycles. The highest BCUT2D eigenvalue weighted by atomic mass is 16.2. The highest BCUT2D eigenvalue weighted by molar-refractivity contribution is 5.93. The fourth-order valence-electron chi connectivity index (χ4n) is 3.55. The van der Waals surface area contributed by atoms with Crippen LogP contribution in [0.25, 0.3) is 0 Å². The third-order valence-electron chi connectivity index (χ3n) is 4.61. The summed E-state index contributed by atoms with van der Waals surface area (Å²) >= 11 is 0. The third kappa shape index (κ3) is 2.16. The van der Waals surface area contributed by atoms with Crippen molar-refractivity contribution >= 4 is 11.7 Å². The summed E-state index contributed by atoms with van der Waals surface area (Å²) in [6.07, 6.45) is 6.38. The van der Waals surface area contributed by atoms with E-state index >= 15 is 0 Å². The van der Waals surface area contributed by atoms with Crippen LogP contribution in [0.4, 0.5) is 5.82 Å². The first-order chi connectivity index (χ1) is 9.20. The van der Waals surface area contributed by atoms with Gasteiger partial charge in [-0.2, -0.15) is 5.10 Å². The molecule has 2 aliphatic carbocycles. The lowest BCUT2D eigenvalue weighted by atomic mass is 9.95. The van der Waals surface area contributed by atoms with Gasteiger partial charge < -0.3 is 11.1 Å². The first kappa shape index (κ1) is 12.7. The van der Waals surface area contributed by atoms with Crippen molar-refractivity contribution in [1.82, 2.24) is 9.78 Å². The number of hydrogen-bond donors (Lipinski definition) is 2. The van der Waals surface area contributed by atoms with Gasteiger partial charge in [-0.15, -0.1) is 0 Å². The van der Waals surface area contributed by atoms with E-state index in [0.29, 0.717) is 12.5 Å². The minimum atomic E-state index is 0.0805. The molecule has 1 aromatic heterocycles. The molecule has 1 amide bonds. The van der Waals surface area contributed by atoms with Crippen molar-refractivity contribution in [3.8, 4) is 0 Å². The number of carbonyl (C=O) groups is 1. The predicted molar refractivity (Wildman–Crippen MR) is 73.7 cm³/mol. The lowest BCUT2D eigenvalue weighted by Gasteiger charge is -2.17. The maximum atomic E-state index is 12.4. The van der Waals surface area contributed by atoms with Gasteiger partial charge in [0.1, 0.15) is 5.82 Å². The maximum absolute atomic E-state index is 12.4. The summed E-state index contributed by atoms with van der Waals surface area (Å²) in [6.45, 7) is 0.613. The van der Waals surface area contributed by atoms with Crippen molar-refractivity contribution in [3.63, 3.8) is 0 Å². The van der Waals surface area contributed by atoms with Gasteiger partial charge in [0.05, 0.1) is 5.69 Å². The molecule has 1 aromatic rings. The molecule has 0 aliphatic heterocycles. The van der Waals surface area contributed by atoms with Crippen LogP contribution in [-0.2, 0) is 24.7 Å². The molecule has 5 nitrogen and oxygen atoms in total. The summed E-state index contributed by atoms with van der Waals surface area (Å²) in [5.41, 5.74) is 8.14. The first-order valence-electron chi connectivity index (χ1n) is 7.26. The predicted octanol–water partition coefficient (Wildman–Crippen LogP) is 1.22. The minimum absolute atomic E-state index is 0.0805. The lowest BCUT2D eigenvalue weighted by molar-refractivity contribution is -0.120. The van der Waals surface area contributed by atoms with Gasteiger partial charge >= 0.3 is 0 Å². The van der Waals surface area contributed by atoms with Crippen LogP contribution in [0.1, 0.15) is 36.9 Å². The highest BCUT2D eigenvalue weighted by Crippen LogP contribution is 2.33. The SMILES string of the molecule is Cn1nc2c(c1NC(=O)[C@@H]1CCC[C@@H]1CN)CCC2. The molecule has 5 heteroatoms. The van der Waals surface area contributed by atoms with E-state index in [4.69, 9.17) is 5.73 Å². The van der Waals surface area contributed by atoms with Crippen LogP contribution < -0.4 is 11.1 Å². The van der Waals surface area contributed by atoms with Gasteiger partial charge in [-0.05, 0) is 44.6 Å². The Morgan fingerprint density at radius 2 is 2.26 bits per heavy atom. The molecular weight excluding hydrogens is 240 g/mol. The second-order valence-corrected chi connectivity index (χ2v) is 5.77. The summed E-state index contributed by atoms with van der Waals surface area (Å²) in [5.74, 6) is 1.46. The quantitative estimate of drug-likeness (QED) is 0.860. The monoisotopic (exact) mass is 262 g/mol. The van der Waals surface area contributed by atoms with Crippen LogP contribution in [0.5, 0.6) is 0 Å². The molecule has 3 N–H and O–H groups in total. The third-order valence-corrected chi connectivity index (χ3v) is 4.61. The normalized spacial score (nSPS) is 25.6. The van der Waals surface area contributed by atoms with Crippen molar-refractivity contribution in [2.75, 3.05) is 11.9 Å². The summed E-state index contributed by atoms with van der Waals surface area (Å²) in [4.78, 5) is 12.4. The number of fused-ring (bicyclic) bond motifs is 1. The largest absolute Gasteiger partial charge is 0.330 e. The molecule has 1 saturated carbocycles. The lowest BCUT2D eigenvalue weighted by Crippen LogP contribution is -2.30. The van der Waals surface area contributed by atoms with Gasteiger partial charge in [0, 0.05) is 18.5 Å². The van der Waals surface area contributed by atoms with E-state index < -0.39 is 0 Å². The van der Waals surface area contributed by atoms with Gasteiger partial charge in [-0.25, -0.2) is 0 Å².